The lowest BCUT2D eigenvalue weighted by Crippen LogP contribution is -1.93. The minimum Gasteiger partial charge on any atom is -0.173 e. The Balaban J connectivity index is 1.71. The van der Waals surface area contributed by atoms with Gasteiger partial charge in [0.05, 0.1) is 0 Å². The Labute approximate surface area is 147 Å². The van der Waals surface area contributed by atoms with Crippen LogP contribution < -0.4 is 0 Å². The van der Waals surface area contributed by atoms with Gasteiger partial charge < -0.3 is 0 Å². The maximum Gasteiger partial charge on any atom is -0.00450 e. The molecule has 1 aliphatic carbocycles. The number of thiol groups is 1. The molecule has 3 aromatic rings. The summed E-state index contributed by atoms with van der Waals surface area (Å²) in [6, 6.07) is 31.4. The van der Waals surface area contributed by atoms with Gasteiger partial charge in [-0.25, -0.2) is 0 Å². The van der Waals surface area contributed by atoms with Gasteiger partial charge in [-0.05, 0) is 75.4 Å². The maximum atomic E-state index is 2.38. The third-order valence-corrected chi connectivity index (χ3v) is 7.45. The van der Waals surface area contributed by atoms with Crippen LogP contribution in [0.15, 0.2) is 99.6 Å². The van der Waals surface area contributed by atoms with Gasteiger partial charge in [0.25, 0.3) is 0 Å². The smallest absolute Gasteiger partial charge is 0.00450 e. The predicted octanol–water partition coefficient (Wildman–Crippen LogP) is 6.82. The third-order valence-electron chi connectivity index (χ3n) is 5.01. The van der Waals surface area contributed by atoms with Gasteiger partial charge in [0, 0.05) is 0 Å². The second-order valence-electron chi connectivity index (χ2n) is 6.58. The van der Waals surface area contributed by atoms with Crippen LogP contribution in [0.4, 0.5) is 0 Å². The number of hydrogen-bond acceptors (Lipinski definition) is 0. The van der Waals surface area contributed by atoms with E-state index in [0.29, 0.717) is 0 Å². The standard InChI is InChI=1S/C23H24S/c1-3-11-21(12-4-1)24(22-13-5-2-6-14-22)23-17-15-20(16-18-23)19-9-7-8-10-19/h1-6,11-19,24H,7-10H2. The second-order valence-corrected chi connectivity index (χ2v) is 8.80. The van der Waals surface area contributed by atoms with Crippen molar-refractivity contribution in [3.63, 3.8) is 0 Å². The highest BCUT2D eigenvalue weighted by Crippen LogP contribution is 2.51. The molecule has 0 aliphatic heterocycles. The van der Waals surface area contributed by atoms with Crippen molar-refractivity contribution in [1.29, 1.82) is 0 Å². The SMILES string of the molecule is c1ccc([SH](c2ccccc2)c2ccc(C3CCCC3)cc2)cc1. The molecule has 122 valence electrons. The molecule has 1 heteroatoms. The zero-order chi connectivity index (χ0) is 16.2. The summed E-state index contributed by atoms with van der Waals surface area (Å²) < 4.78 is 0. The van der Waals surface area contributed by atoms with Crippen LogP contribution in [0.5, 0.6) is 0 Å². The Morgan fingerprint density at radius 3 is 1.50 bits per heavy atom. The number of hydrogen-bond donors (Lipinski definition) is 1. The van der Waals surface area contributed by atoms with Crippen LogP contribution in [0, 0.1) is 0 Å². The molecule has 0 saturated heterocycles. The molecule has 0 heterocycles. The van der Waals surface area contributed by atoms with Gasteiger partial charge in [-0.15, -0.1) is 0 Å². The van der Waals surface area contributed by atoms with Gasteiger partial charge in [0.15, 0.2) is 0 Å². The molecule has 0 bridgehead atoms. The molecular formula is C23H24S. The Bertz CT molecular complexity index is 717. The Kier molecular flexibility index (Phi) is 4.71. The van der Waals surface area contributed by atoms with Crippen LogP contribution in [0.25, 0.3) is 0 Å². The molecular weight excluding hydrogens is 308 g/mol. The lowest BCUT2D eigenvalue weighted by Gasteiger charge is -2.24. The van der Waals surface area contributed by atoms with Crippen LogP contribution in [-0.4, -0.2) is 0 Å². The molecule has 3 aromatic carbocycles. The molecule has 0 unspecified atom stereocenters. The molecule has 24 heavy (non-hydrogen) atoms. The second kappa shape index (κ2) is 7.27. The Morgan fingerprint density at radius 2 is 1.00 bits per heavy atom. The van der Waals surface area contributed by atoms with Gasteiger partial charge in [-0.3, -0.25) is 0 Å². The number of rotatable bonds is 4. The van der Waals surface area contributed by atoms with Gasteiger partial charge in [0.1, 0.15) is 0 Å². The molecule has 1 aliphatic rings. The molecule has 0 radical (unpaired) electrons. The molecule has 4 rings (SSSR count). The fraction of sp³-hybridized carbons (Fsp3) is 0.217. The largest absolute Gasteiger partial charge is 0.173 e. The van der Waals surface area contributed by atoms with Crippen LogP contribution in [-0.2, 0) is 0 Å². The van der Waals surface area contributed by atoms with Crippen molar-refractivity contribution in [2.24, 2.45) is 0 Å². The van der Waals surface area contributed by atoms with E-state index in [1.54, 1.807) is 0 Å². The molecule has 0 atom stereocenters. The van der Waals surface area contributed by atoms with E-state index in [2.05, 4.69) is 84.9 Å². The van der Waals surface area contributed by atoms with Gasteiger partial charge in [0.2, 0.25) is 0 Å². The van der Waals surface area contributed by atoms with E-state index in [0.717, 1.165) is 5.92 Å². The molecule has 0 aromatic heterocycles. The first-order chi connectivity index (χ1) is 11.9. The quantitative estimate of drug-likeness (QED) is 0.498. The minimum atomic E-state index is -0.471. The van der Waals surface area contributed by atoms with Crippen LogP contribution >= 0.6 is 10.9 Å². The predicted molar refractivity (Wildman–Crippen MR) is 104 cm³/mol. The Hall–Kier alpha value is -1.99. The third kappa shape index (κ3) is 3.27. The number of benzene rings is 3. The van der Waals surface area contributed by atoms with Crippen LogP contribution in [0.2, 0.25) is 0 Å². The van der Waals surface area contributed by atoms with E-state index in [-0.39, 0.29) is 0 Å². The van der Waals surface area contributed by atoms with Crippen LogP contribution in [0.3, 0.4) is 0 Å². The summed E-state index contributed by atoms with van der Waals surface area (Å²) in [5.41, 5.74) is 1.53. The lowest BCUT2D eigenvalue weighted by molar-refractivity contribution is 0.722. The highest BCUT2D eigenvalue weighted by atomic mass is 32.2. The highest BCUT2D eigenvalue weighted by Gasteiger charge is 2.18. The van der Waals surface area contributed by atoms with E-state index in [1.807, 2.05) is 0 Å². The zero-order valence-corrected chi connectivity index (χ0v) is 14.8. The van der Waals surface area contributed by atoms with Gasteiger partial charge >= 0.3 is 0 Å². The summed E-state index contributed by atoms with van der Waals surface area (Å²) in [7, 11) is -0.471. The first kappa shape index (κ1) is 15.5. The average Bonchev–Trinajstić information content (AvgIpc) is 3.19. The van der Waals surface area contributed by atoms with Gasteiger partial charge in [-0.1, -0.05) is 61.4 Å². The molecule has 0 N–H and O–H groups in total. The van der Waals surface area contributed by atoms with Crippen molar-refractivity contribution in [3.8, 4) is 0 Å². The average molecular weight is 333 g/mol. The van der Waals surface area contributed by atoms with E-state index in [1.165, 1.54) is 45.9 Å². The molecule has 0 nitrogen and oxygen atoms in total. The van der Waals surface area contributed by atoms with Crippen molar-refractivity contribution in [1.82, 2.24) is 0 Å². The van der Waals surface area contributed by atoms with E-state index < -0.39 is 10.9 Å². The van der Waals surface area contributed by atoms with E-state index in [9.17, 15) is 0 Å². The van der Waals surface area contributed by atoms with Crippen molar-refractivity contribution >= 4 is 10.9 Å². The first-order valence-corrected chi connectivity index (χ1v) is 10.3. The van der Waals surface area contributed by atoms with Crippen molar-refractivity contribution in [2.75, 3.05) is 0 Å². The summed E-state index contributed by atoms with van der Waals surface area (Å²) in [6.45, 7) is 0. The van der Waals surface area contributed by atoms with Gasteiger partial charge in [-0.2, -0.15) is 10.9 Å². The minimum absolute atomic E-state index is 0.471. The topological polar surface area (TPSA) is 0 Å². The highest BCUT2D eigenvalue weighted by molar-refractivity contribution is 8.17. The lowest BCUT2D eigenvalue weighted by atomic mass is 9.98. The summed E-state index contributed by atoms with van der Waals surface area (Å²) in [5, 5.41) is 0. The van der Waals surface area contributed by atoms with Crippen LogP contribution in [0.1, 0.15) is 37.2 Å². The fourth-order valence-corrected chi connectivity index (χ4v) is 6.04. The monoisotopic (exact) mass is 332 g/mol. The van der Waals surface area contributed by atoms with Crippen molar-refractivity contribution < 1.29 is 0 Å². The molecule has 1 fully saturated rings. The summed E-state index contributed by atoms with van der Waals surface area (Å²) in [4.78, 5) is 4.30. The molecule has 0 amide bonds. The Morgan fingerprint density at radius 1 is 0.542 bits per heavy atom. The summed E-state index contributed by atoms with van der Waals surface area (Å²) >= 11 is 0. The molecule has 0 spiro atoms. The van der Waals surface area contributed by atoms with E-state index >= 15 is 0 Å². The maximum absolute atomic E-state index is 2.38. The normalized spacial score (nSPS) is 15.4. The van der Waals surface area contributed by atoms with Crippen molar-refractivity contribution in [3.05, 3.63) is 90.5 Å². The summed E-state index contributed by atoms with van der Waals surface area (Å²) in [6.07, 6.45) is 5.53. The molecule has 1 saturated carbocycles. The first-order valence-electron chi connectivity index (χ1n) is 8.92. The van der Waals surface area contributed by atoms with Crippen molar-refractivity contribution in [2.45, 2.75) is 46.3 Å². The fourth-order valence-electron chi connectivity index (χ4n) is 3.76. The van der Waals surface area contributed by atoms with E-state index in [4.69, 9.17) is 0 Å². The zero-order valence-electron chi connectivity index (χ0n) is 13.9. The summed E-state index contributed by atoms with van der Waals surface area (Å²) in [5.74, 6) is 0.790.